The zero-order chi connectivity index (χ0) is 18.5. The van der Waals surface area contributed by atoms with Crippen LogP contribution < -0.4 is 5.32 Å². The molecule has 4 nitrogen and oxygen atoms in total. The fraction of sp³-hybridized carbons (Fsp3) is 0.273. The summed E-state index contributed by atoms with van der Waals surface area (Å²) in [5.74, 6) is 2.13. The van der Waals surface area contributed by atoms with Crippen molar-refractivity contribution in [3.63, 3.8) is 0 Å². The molecule has 1 aliphatic carbocycles. The number of nitrogens with one attached hydrogen (secondary N) is 1. The van der Waals surface area contributed by atoms with Crippen LogP contribution in [0.25, 0.3) is 0 Å². The monoisotopic (exact) mass is 346 g/mol. The number of hydrogen-bond acceptors (Lipinski definition) is 2. The molecule has 0 spiro atoms. The number of nitrogens with zero attached hydrogens (tertiary/aromatic N) is 1. The normalized spacial score (nSPS) is 15.5. The molecule has 2 amide bonds. The van der Waals surface area contributed by atoms with Crippen molar-refractivity contribution in [1.29, 1.82) is 0 Å². The predicted octanol–water partition coefficient (Wildman–Crippen LogP) is 3.18. The summed E-state index contributed by atoms with van der Waals surface area (Å²) in [5.41, 5.74) is 3.67. The van der Waals surface area contributed by atoms with Gasteiger partial charge in [-0.25, -0.2) is 0 Å². The molecule has 0 aliphatic heterocycles. The summed E-state index contributed by atoms with van der Waals surface area (Å²) in [6.45, 7) is 0.0117. The molecule has 26 heavy (non-hydrogen) atoms. The molecule has 4 heteroatoms. The van der Waals surface area contributed by atoms with Crippen molar-refractivity contribution in [2.24, 2.45) is 0 Å². The Morgan fingerprint density at radius 3 is 2.85 bits per heavy atom. The molecule has 0 fully saturated rings. The van der Waals surface area contributed by atoms with Crippen LogP contribution in [0.4, 0.5) is 5.69 Å². The minimum Gasteiger partial charge on any atom is -0.336 e. The van der Waals surface area contributed by atoms with Crippen LogP contribution in [0.15, 0.2) is 48.5 Å². The fourth-order valence-electron chi connectivity index (χ4n) is 3.46. The number of aryl methyl sites for hydroxylation is 1. The lowest BCUT2D eigenvalue weighted by Crippen LogP contribution is -2.38. The third-order valence-corrected chi connectivity index (χ3v) is 4.74. The van der Waals surface area contributed by atoms with E-state index >= 15 is 0 Å². The first-order chi connectivity index (χ1) is 12.6. The summed E-state index contributed by atoms with van der Waals surface area (Å²) in [6.07, 6.45) is 8.20. The van der Waals surface area contributed by atoms with Crippen molar-refractivity contribution in [1.82, 2.24) is 4.90 Å². The minimum absolute atomic E-state index is 0.00956. The average Bonchev–Trinajstić information content (AvgIpc) is 2.67. The number of rotatable bonds is 4. The second-order valence-corrected chi connectivity index (χ2v) is 6.61. The first-order valence-electron chi connectivity index (χ1n) is 8.78. The number of amides is 2. The van der Waals surface area contributed by atoms with Crippen LogP contribution in [-0.4, -0.2) is 30.3 Å². The van der Waals surface area contributed by atoms with Crippen LogP contribution >= 0.6 is 0 Å². The highest BCUT2D eigenvalue weighted by atomic mass is 16.2. The van der Waals surface area contributed by atoms with Crippen molar-refractivity contribution in [2.75, 3.05) is 18.9 Å². The minimum atomic E-state index is -0.237. The first-order valence-corrected chi connectivity index (χ1v) is 8.78. The van der Waals surface area contributed by atoms with Gasteiger partial charge in [-0.05, 0) is 48.6 Å². The van der Waals surface area contributed by atoms with Crippen molar-refractivity contribution >= 4 is 17.5 Å². The van der Waals surface area contributed by atoms with Crippen LogP contribution in [-0.2, 0) is 16.0 Å². The smallest absolute Gasteiger partial charge is 0.243 e. The van der Waals surface area contributed by atoms with Crippen molar-refractivity contribution in [3.05, 3.63) is 65.2 Å². The number of fused-ring (bicyclic) bond motifs is 1. The molecular weight excluding hydrogens is 324 g/mol. The molecule has 2 aromatic rings. The van der Waals surface area contributed by atoms with Gasteiger partial charge in [0.1, 0.15) is 0 Å². The molecule has 2 aromatic carbocycles. The van der Waals surface area contributed by atoms with Crippen LogP contribution in [0.2, 0.25) is 0 Å². The van der Waals surface area contributed by atoms with Gasteiger partial charge in [0.25, 0.3) is 0 Å². The van der Waals surface area contributed by atoms with Gasteiger partial charge in [0.2, 0.25) is 11.8 Å². The van der Waals surface area contributed by atoms with Crippen molar-refractivity contribution in [2.45, 2.75) is 25.2 Å². The summed E-state index contributed by atoms with van der Waals surface area (Å²) in [4.78, 5) is 26.7. The molecule has 1 aliphatic rings. The van der Waals surface area contributed by atoms with Gasteiger partial charge in [-0.15, -0.1) is 6.42 Å². The third-order valence-electron chi connectivity index (χ3n) is 4.74. The van der Waals surface area contributed by atoms with Crippen LogP contribution in [0.5, 0.6) is 0 Å². The van der Waals surface area contributed by atoms with Gasteiger partial charge in [0.15, 0.2) is 0 Å². The number of benzene rings is 2. The molecular formula is C22H22N2O2. The van der Waals surface area contributed by atoms with E-state index in [1.807, 2.05) is 18.2 Å². The lowest BCUT2D eigenvalue weighted by molar-refractivity contribution is -0.134. The lowest BCUT2D eigenvalue weighted by Gasteiger charge is -2.28. The molecule has 0 saturated carbocycles. The predicted molar refractivity (Wildman–Crippen MR) is 103 cm³/mol. The lowest BCUT2D eigenvalue weighted by atomic mass is 9.82. The Hall–Kier alpha value is -3.06. The van der Waals surface area contributed by atoms with Crippen LogP contribution in [0.1, 0.15) is 35.4 Å². The summed E-state index contributed by atoms with van der Waals surface area (Å²) < 4.78 is 0. The molecule has 1 atom stereocenters. The molecule has 0 heterocycles. The van der Waals surface area contributed by atoms with Crippen LogP contribution in [0, 0.1) is 12.3 Å². The maximum absolute atomic E-state index is 12.9. The highest BCUT2D eigenvalue weighted by molar-refractivity contribution is 5.95. The summed E-state index contributed by atoms with van der Waals surface area (Å²) in [5, 5.41) is 2.80. The molecule has 132 valence electrons. The maximum atomic E-state index is 12.9. The Bertz CT molecular complexity index is 866. The van der Waals surface area contributed by atoms with Gasteiger partial charge in [-0.3, -0.25) is 9.59 Å². The van der Waals surface area contributed by atoms with E-state index in [-0.39, 0.29) is 24.3 Å². The Morgan fingerprint density at radius 1 is 1.23 bits per heavy atom. The van der Waals surface area contributed by atoms with Gasteiger partial charge in [-0.1, -0.05) is 36.3 Å². The second-order valence-electron chi connectivity index (χ2n) is 6.61. The summed E-state index contributed by atoms with van der Waals surface area (Å²) >= 11 is 0. The van der Waals surface area contributed by atoms with E-state index in [9.17, 15) is 9.59 Å². The van der Waals surface area contributed by atoms with Crippen molar-refractivity contribution < 1.29 is 9.59 Å². The highest BCUT2D eigenvalue weighted by Crippen LogP contribution is 2.32. The molecule has 0 radical (unpaired) electrons. The highest BCUT2D eigenvalue weighted by Gasteiger charge is 2.29. The molecule has 0 aromatic heterocycles. The average molecular weight is 346 g/mol. The Labute approximate surface area is 154 Å². The van der Waals surface area contributed by atoms with E-state index in [0.717, 1.165) is 24.8 Å². The standard InChI is InChI=1S/C22H22N2O2/c1-3-16-8-6-11-18(14-16)23-21(25)15-24(2)22(26)20-13-7-10-17-9-4-5-12-19(17)20/h1,4-6,8-9,11-12,14,20H,7,10,13,15H2,2H3,(H,23,25). The second kappa shape index (κ2) is 7.88. The number of likely N-dealkylation sites (N-methyl/N-ethyl adjacent to an activating group) is 1. The molecule has 1 unspecified atom stereocenters. The van der Waals surface area contributed by atoms with Gasteiger partial charge in [-0.2, -0.15) is 0 Å². The van der Waals surface area contributed by atoms with Crippen LogP contribution in [0.3, 0.4) is 0 Å². The van der Waals surface area contributed by atoms with E-state index in [1.54, 1.807) is 31.3 Å². The van der Waals surface area contributed by atoms with E-state index < -0.39 is 0 Å². The zero-order valence-corrected chi connectivity index (χ0v) is 14.9. The quantitative estimate of drug-likeness (QED) is 0.865. The van der Waals surface area contributed by atoms with Gasteiger partial charge in [0, 0.05) is 18.3 Å². The maximum Gasteiger partial charge on any atom is 0.243 e. The number of hydrogen-bond donors (Lipinski definition) is 1. The van der Waals surface area contributed by atoms with E-state index in [0.29, 0.717) is 11.3 Å². The van der Waals surface area contributed by atoms with Gasteiger partial charge < -0.3 is 10.2 Å². The Morgan fingerprint density at radius 2 is 2.04 bits per heavy atom. The SMILES string of the molecule is C#Cc1cccc(NC(=O)CN(C)C(=O)C2CCCc3ccccc32)c1. The Kier molecular flexibility index (Phi) is 5.38. The molecule has 3 rings (SSSR count). The van der Waals surface area contributed by atoms with Gasteiger partial charge >= 0.3 is 0 Å². The van der Waals surface area contributed by atoms with E-state index in [1.165, 1.54) is 10.5 Å². The largest absolute Gasteiger partial charge is 0.336 e. The van der Waals surface area contributed by atoms with E-state index in [2.05, 4.69) is 17.3 Å². The molecule has 1 N–H and O–H groups in total. The topological polar surface area (TPSA) is 49.4 Å². The number of carbonyl (C=O) groups is 2. The zero-order valence-electron chi connectivity index (χ0n) is 14.9. The molecule has 0 bridgehead atoms. The Balaban J connectivity index is 1.64. The molecule has 0 saturated heterocycles. The summed E-state index contributed by atoms with van der Waals surface area (Å²) in [6, 6.07) is 15.2. The first kappa shape index (κ1) is 17.8. The van der Waals surface area contributed by atoms with E-state index in [4.69, 9.17) is 6.42 Å². The van der Waals surface area contributed by atoms with Crippen molar-refractivity contribution in [3.8, 4) is 12.3 Å². The number of anilines is 1. The number of carbonyl (C=O) groups excluding carboxylic acids is 2. The van der Waals surface area contributed by atoms with Gasteiger partial charge in [0.05, 0.1) is 12.5 Å². The third kappa shape index (κ3) is 3.94. The fourth-order valence-corrected chi connectivity index (χ4v) is 3.46. The number of terminal acetylenes is 1. The summed E-state index contributed by atoms with van der Waals surface area (Å²) in [7, 11) is 1.68.